The number of aromatic nitrogens is 3. The van der Waals surface area contributed by atoms with Crippen LogP contribution < -0.4 is 5.32 Å². The van der Waals surface area contributed by atoms with Gasteiger partial charge in [-0.1, -0.05) is 13.8 Å². The van der Waals surface area contributed by atoms with E-state index in [1.54, 1.807) is 0 Å². The summed E-state index contributed by atoms with van der Waals surface area (Å²) in [7, 11) is 0. The second-order valence-electron chi connectivity index (χ2n) is 7.42. The topological polar surface area (TPSA) is 52.0 Å². The Bertz CT molecular complexity index is 524. The molecule has 1 saturated heterocycles. The fraction of sp³-hybridized carbons (Fsp3) is 0.875. The summed E-state index contributed by atoms with van der Waals surface area (Å²) in [5.74, 6) is 2.96. The van der Waals surface area contributed by atoms with Gasteiger partial charge < -0.3 is 14.6 Å². The number of fused-ring (bicyclic) bond motifs is 2. The molecule has 0 aromatic carbocycles. The average Bonchev–Trinajstić information content (AvgIpc) is 2.91. The van der Waals surface area contributed by atoms with Crippen LogP contribution in [0.1, 0.15) is 51.2 Å². The third-order valence-corrected chi connectivity index (χ3v) is 5.75. The third-order valence-electron chi connectivity index (χ3n) is 5.75. The molecule has 2 aliphatic heterocycles. The van der Waals surface area contributed by atoms with Gasteiger partial charge in [0.1, 0.15) is 11.6 Å². The summed E-state index contributed by atoms with van der Waals surface area (Å²) >= 11 is 0. The normalized spacial score (nSPS) is 33.9. The van der Waals surface area contributed by atoms with Crippen LogP contribution in [0.25, 0.3) is 0 Å². The van der Waals surface area contributed by atoms with Crippen molar-refractivity contribution in [3.63, 3.8) is 0 Å². The van der Waals surface area contributed by atoms with Crippen LogP contribution in [-0.4, -0.2) is 33.5 Å². The molecule has 1 aromatic heterocycles. The van der Waals surface area contributed by atoms with E-state index < -0.39 is 0 Å². The molecule has 3 aliphatic rings. The van der Waals surface area contributed by atoms with Gasteiger partial charge in [0.2, 0.25) is 0 Å². The van der Waals surface area contributed by atoms with E-state index in [4.69, 9.17) is 4.74 Å². The number of nitrogens with one attached hydrogen (secondary N) is 1. The van der Waals surface area contributed by atoms with Gasteiger partial charge in [0, 0.05) is 36.9 Å². The molecular weight excluding hydrogens is 264 g/mol. The number of nitrogens with zero attached hydrogens (tertiary/aromatic N) is 3. The van der Waals surface area contributed by atoms with Crippen molar-refractivity contribution >= 4 is 0 Å². The van der Waals surface area contributed by atoms with Crippen molar-refractivity contribution in [1.29, 1.82) is 0 Å². The van der Waals surface area contributed by atoms with Gasteiger partial charge in [0.15, 0.2) is 0 Å². The average molecular weight is 290 g/mol. The van der Waals surface area contributed by atoms with Gasteiger partial charge in [-0.2, -0.15) is 0 Å². The first-order valence-corrected chi connectivity index (χ1v) is 8.44. The maximum Gasteiger partial charge on any atom is 0.147 e. The summed E-state index contributed by atoms with van der Waals surface area (Å²) in [5.41, 5.74) is 0.232. The Morgan fingerprint density at radius 1 is 1.29 bits per heavy atom. The van der Waals surface area contributed by atoms with Crippen LogP contribution in [-0.2, 0) is 24.2 Å². The smallest absolute Gasteiger partial charge is 0.147 e. The lowest BCUT2D eigenvalue weighted by Crippen LogP contribution is -2.69. The van der Waals surface area contributed by atoms with E-state index in [2.05, 4.69) is 33.9 Å². The van der Waals surface area contributed by atoms with Gasteiger partial charge in [0.25, 0.3) is 0 Å². The lowest BCUT2D eigenvalue weighted by atomic mass is 9.55. The summed E-state index contributed by atoms with van der Waals surface area (Å²) in [5, 5.41) is 12.5. The fourth-order valence-corrected chi connectivity index (χ4v) is 4.64. The molecule has 116 valence electrons. The van der Waals surface area contributed by atoms with Crippen LogP contribution in [0.3, 0.4) is 0 Å². The molecule has 1 aliphatic carbocycles. The number of aryl methyl sites for hydroxylation is 1. The number of hydrogen-bond acceptors (Lipinski definition) is 4. The highest BCUT2D eigenvalue weighted by Crippen LogP contribution is 2.51. The van der Waals surface area contributed by atoms with Gasteiger partial charge in [-0.05, 0) is 25.7 Å². The first kappa shape index (κ1) is 13.7. The zero-order valence-corrected chi connectivity index (χ0v) is 13.1. The maximum absolute atomic E-state index is 5.98. The van der Waals surface area contributed by atoms with Gasteiger partial charge in [0.05, 0.1) is 12.6 Å². The van der Waals surface area contributed by atoms with Gasteiger partial charge >= 0.3 is 0 Å². The third kappa shape index (κ3) is 2.13. The molecule has 3 heterocycles. The molecule has 21 heavy (non-hydrogen) atoms. The molecule has 0 amide bonds. The number of ether oxygens (including phenoxy) is 1. The van der Waals surface area contributed by atoms with Gasteiger partial charge in [-0.3, -0.25) is 0 Å². The van der Waals surface area contributed by atoms with E-state index in [0.717, 1.165) is 31.9 Å². The summed E-state index contributed by atoms with van der Waals surface area (Å²) in [6.07, 6.45) is 6.53. The Morgan fingerprint density at radius 3 is 3.10 bits per heavy atom. The van der Waals surface area contributed by atoms with Gasteiger partial charge in [-0.25, -0.2) is 0 Å². The highest BCUT2D eigenvalue weighted by atomic mass is 16.5. The van der Waals surface area contributed by atoms with Crippen LogP contribution in [0.5, 0.6) is 0 Å². The molecule has 0 radical (unpaired) electrons. The summed E-state index contributed by atoms with van der Waals surface area (Å²) in [6, 6.07) is 0.541. The molecule has 3 atom stereocenters. The van der Waals surface area contributed by atoms with E-state index in [9.17, 15) is 0 Å². The van der Waals surface area contributed by atoms with E-state index >= 15 is 0 Å². The maximum atomic E-state index is 5.98. The molecule has 4 rings (SSSR count). The van der Waals surface area contributed by atoms with E-state index in [0.29, 0.717) is 18.1 Å². The minimum Gasteiger partial charge on any atom is -0.377 e. The number of hydrogen-bond donors (Lipinski definition) is 1. The van der Waals surface area contributed by atoms with E-state index in [1.165, 1.54) is 31.5 Å². The molecule has 1 N–H and O–H groups in total. The lowest BCUT2D eigenvalue weighted by molar-refractivity contribution is -0.193. The molecule has 0 spiro atoms. The Balaban J connectivity index is 1.44. The Morgan fingerprint density at radius 2 is 2.19 bits per heavy atom. The molecule has 2 fully saturated rings. The Labute approximate surface area is 126 Å². The highest BCUT2D eigenvalue weighted by molar-refractivity contribution is 5.11. The molecule has 0 bridgehead atoms. The molecule has 1 aromatic rings. The summed E-state index contributed by atoms with van der Waals surface area (Å²) < 4.78 is 8.29. The fourth-order valence-electron chi connectivity index (χ4n) is 4.64. The van der Waals surface area contributed by atoms with Crippen molar-refractivity contribution in [2.24, 2.45) is 11.3 Å². The number of rotatable bonds is 3. The van der Waals surface area contributed by atoms with Crippen LogP contribution in [0.2, 0.25) is 0 Å². The molecule has 1 saturated carbocycles. The largest absolute Gasteiger partial charge is 0.377 e. The Kier molecular flexibility index (Phi) is 3.30. The molecule has 0 unspecified atom stereocenters. The van der Waals surface area contributed by atoms with Crippen molar-refractivity contribution in [2.75, 3.05) is 6.61 Å². The minimum atomic E-state index is 0.232. The minimum absolute atomic E-state index is 0.232. The molecule has 5 heteroatoms. The van der Waals surface area contributed by atoms with Crippen molar-refractivity contribution in [2.45, 2.75) is 71.2 Å². The van der Waals surface area contributed by atoms with Crippen LogP contribution in [0.4, 0.5) is 0 Å². The Hall–Kier alpha value is -0.940. The van der Waals surface area contributed by atoms with Crippen LogP contribution in [0.15, 0.2) is 0 Å². The summed E-state index contributed by atoms with van der Waals surface area (Å²) in [6.45, 7) is 7.52. The standard InChI is InChI=1S/C16H26N4O/c1-16(2)14(11-6-5-9-21-15(11)16)17-10-13-19-18-12-7-3-4-8-20(12)13/h11,14-15,17H,3-10H2,1-2H3/t11-,14-,15+/m1/s1. The molecular formula is C16H26N4O. The lowest BCUT2D eigenvalue weighted by Gasteiger charge is -2.60. The first-order valence-electron chi connectivity index (χ1n) is 8.44. The quantitative estimate of drug-likeness (QED) is 0.924. The predicted octanol–water partition coefficient (Wildman–Crippen LogP) is 1.91. The highest BCUT2D eigenvalue weighted by Gasteiger charge is 2.57. The first-order chi connectivity index (χ1) is 10.2. The van der Waals surface area contributed by atoms with Crippen LogP contribution >= 0.6 is 0 Å². The second-order valence-corrected chi connectivity index (χ2v) is 7.42. The van der Waals surface area contributed by atoms with Crippen molar-refractivity contribution in [3.8, 4) is 0 Å². The monoisotopic (exact) mass is 290 g/mol. The summed E-state index contributed by atoms with van der Waals surface area (Å²) in [4.78, 5) is 0. The SMILES string of the molecule is CC1(C)[C@H](NCc2nnc3n2CCCC3)[C@H]2CCCO[C@@H]21. The van der Waals surface area contributed by atoms with Crippen molar-refractivity contribution in [3.05, 3.63) is 11.6 Å². The van der Waals surface area contributed by atoms with Crippen molar-refractivity contribution < 1.29 is 4.74 Å². The zero-order chi connectivity index (χ0) is 14.4. The second kappa shape index (κ2) is 5.06. The van der Waals surface area contributed by atoms with E-state index in [-0.39, 0.29) is 5.41 Å². The van der Waals surface area contributed by atoms with Crippen LogP contribution in [0, 0.1) is 11.3 Å². The molecule has 5 nitrogen and oxygen atoms in total. The van der Waals surface area contributed by atoms with E-state index in [1.807, 2.05) is 0 Å². The van der Waals surface area contributed by atoms with Gasteiger partial charge in [-0.15, -0.1) is 10.2 Å². The van der Waals surface area contributed by atoms with Crippen molar-refractivity contribution in [1.82, 2.24) is 20.1 Å². The predicted molar refractivity (Wildman–Crippen MR) is 79.8 cm³/mol. The zero-order valence-electron chi connectivity index (χ0n) is 13.1.